The van der Waals surface area contributed by atoms with Gasteiger partial charge in [0.15, 0.2) is 0 Å². The van der Waals surface area contributed by atoms with Crippen molar-refractivity contribution in [3.63, 3.8) is 0 Å². The summed E-state index contributed by atoms with van der Waals surface area (Å²) >= 11 is -2.86. The molecule has 0 aromatic heterocycles. The molecule has 0 spiro atoms. The molecule has 0 rings (SSSR count). The van der Waals surface area contributed by atoms with Gasteiger partial charge in [-0.3, -0.25) is 0 Å². The topological polar surface area (TPSA) is 60.4 Å². The van der Waals surface area contributed by atoms with Gasteiger partial charge in [-0.1, -0.05) is 0 Å². The molecule has 5 heteroatoms. The van der Waals surface area contributed by atoms with Gasteiger partial charge in [0.05, 0.1) is 11.4 Å². The maximum atomic E-state index is 8.56. The molecule has 1 radical (unpaired) electrons. The second-order valence-corrected chi connectivity index (χ2v) is 0.651. The Morgan fingerprint density at radius 2 is 1.80 bits per heavy atom. The van der Waals surface area contributed by atoms with Gasteiger partial charge in [-0.05, 0) is 0 Å². The summed E-state index contributed by atoms with van der Waals surface area (Å²) in [6.45, 7) is 0. The molecule has 0 fully saturated rings. The van der Waals surface area contributed by atoms with E-state index in [2.05, 4.69) is 0 Å². The number of rotatable bonds is 0. The molecule has 0 heterocycles. The van der Waals surface area contributed by atoms with E-state index in [4.69, 9.17) is 13.3 Å². The first-order chi connectivity index (χ1) is 1.73. The van der Waals surface area contributed by atoms with Crippen molar-refractivity contribution in [2.75, 3.05) is 0 Å². The van der Waals surface area contributed by atoms with E-state index in [1.165, 1.54) is 0 Å². The third-order valence-electron chi connectivity index (χ3n) is 0. The molecule has 0 aliphatic heterocycles. The molecule has 0 aliphatic rings. The largest absolute Gasteiger partial charge is 3.00 e. The van der Waals surface area contributed by atoms with Crippen molar-refractivity contribution in [3.05, 3.63) is 0 Å². The summed E-state index contributed by atoms with van der Waals surface area (Å²) in [5.74, 6) is 0. The van der Waals surface area contributed by atoms with Gasteiger partial charge in [-0.25, -0.2) is 4.21 Å². The van der Waals surface area contributed by atoms with Crippen LogP contribution in [-0.2, 0) is 28.4 Å². The van der Waals surface area contributed by atoms with Crippen molar-refractivity contribution in [1.29, 1.82) is 0 Å². The van der Waals surface area contributed by atoms with Crippen LogP contribution in [0.5, 0.6) is 0 Å². The van der Waals surface area contributed by atoms with Crippen molar-refractivity contribution in [3.8, 4) is 0 Å². The molecule has 0 saturated carbocycles. The van der Waals surface area contributed by atoms with Gasteiger partial charge in [0.25, 0.3) is 0 Å². The van der Waals surface area contributed by atoms with Gasteiger partial charge in [-0.2, -0.15) is 0 Å². The van der Waals surface area contributed by atoms with E-state index in [-0.39, 0.29) is 17.1 Å². The Morgan fingerprint density at radius 1 is 1.80 bits per heavy atom. The van der Waals surface area contributed by atoms with Gasteiger partial charge < -0.3 is 9.11 Å². The minimum atomic E-state index is -2.86. The van der Waals surface area contributed by atoms with Crippen LogP contribution in [0.15, 0.2) is 0 Å². The van der Waals surface area contributed by atoms with Crippen LogP contribution in [-0.4, -0.2) is 13.3 Å². The van der Waals surface area contributed by atoms with E-state index in [0.29, 0.717) is 0 Å². The molecule has 31 valence electrons. The molecule has 1 unspecified atom stereocenters. The van der Waals surface area contributed by atoms with Crippen LogP contribution in [0.2, 0.25) is 0 Å². The Hall–Kier alpha value is 0.589. The first-order valence-corrected chi connectivity index (χ1v) is 1.55. The Morgan fingerprint density at radius 3 is 1.80 bits per heavy atom. The monoisotopic (exact) mass is 137 g/mol. The average molecular weight is 137 g/mol. The molecule has 0 aliphatic carbocycles. The first kappa shape index (κ1) is 9.14. The van der Waals surface area contributed by atoms with Crippen molar-refractivity contribution in [2.24, 2.45) is 0 Å². The summed E-state index contributed by atoms with van der Waals surface area (Å²) in [6.07, 6.45) is 0. The average Bonchev–Trinajstić information content (AvgIpc) is 0.811. The van der Waals surface area contributed by atoms with Crippen molar-refractivity contribution >= 4 is 11.4 Å². The molecule has 0 aromatic carbocycles. The quantitative estimate of drug-likeness (QED) is 0.356. The fourth-order valence-corrected chi connectivity index (χ4v) is 0. The van der Waals surface area contributed by atoms with Crippen LogP contribution < -0.4 is 0 Å². The Kier molecular flexibility index (Phi) is 8.39. The van der Waals surface area contributed by atoms with Crippen molar-refractivity contribution in [1.82, 2.24) is 0 Å². The fourth-order valence-electron chi connectivity index (χ4n) is 0. The van der Waals surface area contributed by atoms with Crippen LogP contribution in [0.4, 0.5) is 0 Å². The van der Waals surface area contributed by atoms with Gasteiger partial charge in [0.1, 0.15) is 0 Å². The number of hydrogen-bond donors (Lipinski definition) is 1. The Labute approximate surface area is 42.4 Å². The van der Waals surface area contributed by atoms with E-state index in [9.17, 15) is 0 Å². The molecular weight excluding hydrogens is 136 g/mol. The zero-order valence-electron chi connectivity index (χ0n) is 2.03. The molecule has 0 aromatic rings. The predicted octanol–water partition coefficient (Wildman–Crippen LogP) is -0.664. The maximum Gasteiger partial charge on any atom is 3.00 e. The minimum Gasteiger partial charge on any atom is -0.750 e. The molecule has 3 nitrogen and oxygen atoms in total. The van der Waals surface area contributed by atoms with Gasteiger partial charge in [0, 0.05) is 0 Å². The van der Waals surface area contributed by atoms with Crippen molar-refractivity contribution in [2.45, 2.75) is 0 Å². The zero-order chi connectivity index (χ0) is 3.58. The minimum absolute atomic E-state index is 0. The van der Waals surface area contributed by atoms with Crippen LogP contribution in [0.3, 0.4) is 0 Å². The molecule has 0 bridgehead atoms. The summed E-state index contributed by atoms with van der Waals surface area (Å²) in [6, 6.07) is 0. The number of hydrogen-bond acceptors (Lipinski definition) is 2. The fraction of sp³-hybridized carbons (Fsp3) is 0. The summed E-state index contributed by atoms with van der Waals surface area (Å²) in [4.78, 5) is 0. The molecular formula is HFeO3S+2. The van der Waals surface area contributed by atoms with E-state index in [1.807, 2.05) is 0 Å². The Bertz CT molecular complexity index is 29.9. The van der Waals surface area contributed by atoms with Crippen LogP contribution in [0.1, 0.15) is 0 Å². The van der Waals surface area contributed by atoms with Crippen LogP contribution in [0.25, 0.3) is 0 Å². The summed E-state index contributed by atoms with van der Waals surface area (Å²) in [5.41, 5.74) is 0. The molecule has 1 N–H and O–H groups in total. The SMILES string of the molecule is O=S([O-])O.[Fe+3]. The second kappa shape index (κ2) is 4.59. The third-order valence-corrected chi connectivity index (χ3v) is 0. The molecule has 5 heavy (non-hydrogen) atoms. The predicted molar refractivity (Wildman–Crippen MR) is 11.5 cm³/mol. The van der Waals surface area contributed by atoms with Gasteiger partial charge >= 0.3 is 17.1 Å². The molecule has 0 saturated heterocycles. The van der Waals surface area contributed by atoms with Crippen LogP contribution in [0, 0.1) is 0 Å². The Balaban J connectivity index is 0. The molecule has 1 atom stereocenters. The molecule has 0 amide bonds. The maximum absolute atomic E-state index is 8.56. The normalized spacial score (nSPS) is 12.4. The summed E-state index contributed by atoms with van der Waals surface area (Å²) in [7, 11) is 0. The van der Waals surface area contributed by atoms with Crippen molar-refractivity contribution < 1.29 is 30.4 Å². The van der Waals surface area contributed by atoms with E-state index in [0.717, 1.165) is 0 Å². The standard InChI is InChI=1S/Fe.H2O3S/c;1-4(2)3/h;(H2,1,2,3)/q+3;/p-1. The third kappa shape index (κ3) is 88.6. The second-order valence-electron chi connectivity index (χ2n) is 0.217. The summed E-state index contributed by atoms with van der Waals surface area (Å²) in [5, 5.41) is 0. The van der Waals surface area contributed by atoms with E-state index >= 15 is 0 Å². The zero-order valence-corrected chi connectivity index (χ0v) is 3.95. The van der Waals surface area contributed by atoms with Crippen LogP contribution >= 0.6 is 0 Å². The van der Waals surface area contributed by atoms with E-state index in [1.54, 1.807) is 0 Å². The summed E-state index contributed by atoms with van der Waals surface area (Å²) < 4.78 is 24.1. The first-order valence-electron chi connectivity index (χ1n) is 0.516. The van der Waals surface area contributed by atoms with Gasteiger partial charge in [0.2, 0.25) is 0 Å². The van der Waals surface area contributed by atoms with E-state index < -0.39 is 11.4 Å². The smallest absolute Gasteiger partial charge is 0.750 e. The van der Waals surface area contributed by atoms with Gasteiger partial charge in [-0.15, -0.1) is 0 Å².